The molecule has 0 bridgehead atoms. The van der Waals surface area contributed by atoms with Gasteiger partial charge in [-0.1, -0.05) is 64.3 Å². The van der Waals surface area contributed by atoms with Crippen LogP contribution in [0.1, 0.15) is 94.1 Å². The van der Waals surface area contributed by atoms with Gasteiger partial charge in [-0.15, -0.1) is 0 Å². The highest BCUT2D eigenvalue weighted by molar-refractivity contribution is 6.06. The molecule has 2 fully saturated rings. The first-order valence-corrected chi connectivity index (χ1v) is 13.9. The van der Waals surface area contributed by atoms with Crippen molar-refractivity contribution >= 4 is 22.6 Å². The number of hydrogen-bond donors (Lipinski definition) is 2. The first kappa shape index (κ1) is 25.7. The number of benzene rings is 1. The fourth-order valence-corrected chi connectivity index (χ4v) is 5.85. The van der Waals surface area contributed by atoms with E-state index in [0.717, 1.165) is 75.0 Å². The van der Waals surface area contributed by atoms with Gasteiger partial charge in [0.25, 0.3) is 5.91 Å². The van der Waals surface area contributed by atoms with Crippen molar-refractivity contribution in [2.75, 3.05) is 18.5 Å². The summed E-state index contributed by atoms with van der Waals surface area (Å²) < 4.78 is 7.45. The van der Waals surface area contributed by atoms with Crippen LogP contribution in [0.4, 0.5) is 5.69 Å². The van der Waals surface area contributed by atoms with Gasteiger partial charge in [-0.05, 0) is 49.1 Å². The summed E-state index contributed by atoms with van der Waals surface area (Å²) in [6.45, 7) is 10.9. The minimum absolute atomic E-state index is 0.0741. The van der Waals surface area contributed by atoms with Crippen LogP contribution < -0.4 is 10.6 Å². The third kappa shape index (κ3) is 5.24. The molecule has 3 aromatic rings. The first-order valence-electron chi connectivity index (χ1n) is 13.9. The van der Waals surface area contributed by atoms with Gasteiger partial charge in [0.2, 0.25) is 0 Å². The highest BCUT2D eigenvalue weighted by atomic mass is 16.5. The Morgan fingerprint density at radius 2 is 1.78 bits per heavy atom. The lowest BCUT2D eigenvalue weighted by Crippen LogP contribution is -2.47. The number of aromatic nitrogens is 3. The van der Waals surface area contributed by atoms with Crippen molar-refractivity contribution in [3.63, 3.8) is 0 Å². The van der Waals surface area contributed by atoms with Crippen LogP contribution in [0.3, 0.4) is 0 Å². The summed E-state index contributed by atoms with van der Waals surface area (Å²) in [5.41, 5.74) is 4.45. The topological polar surface area (TPSA) is 81.1 Å². The van der Waals surface area contributed by atoms with E-state index in [1.807, 2.05) is 10.9 Å². The van der Waals surface area contributed by atoms with E-state index in [2.05, 4.69) is 72.7 Å². The molecule has 1 aromatic carbocycles. The zero-order valence-electron chi connectivity index (χ0n) is 22.8. The molecule has 1 saturated carbocycles. The van der Waals surface area contributed by atoms with Gasteiger partial charge in [0.05, 0.1) is 28.4 Å². The Hall–Kier alpha value is -2.93. The van der Waals surface area contributed by atoms with Crippen LogP contribution in [0.5, 0.6) is 0 Å². The van der Waals surface area contributed by atoms with Gasteiger partial charge in [-0.3, -0.25) is 4.79 Å². The second-order valence-electron chi connectivity index (χ2n) is 11.7. The molecule has 0 radical (unpaired) electrons. The third-order valence-electron chi connectivity index (χ3n) is 8.14. The van der Waals surface area contributed by atoms with Crippen LogP contribution in [-0.2, 0) is 22.2 Å². The zero-order valence-corrected chi connectivity index (χ0v) is 22.8. The molecule has 2 N–H and O–H groups in total. The van der Waals surface area contributed by atoms with Crippen LogP contribution in [0.15, 0.2) is 36.7 Å². The highest BCUT2D eigenvalue weighted by Gasteiger charge is 2.37. The molecule has 0 unspecified atom stereocenters. The number of pyridine rings is 1. The van der Waals surface area contributed by atoms with Crippen molar-refractivity contribution in [3.8, 4) is 0 Å². The molecular formula is C30H41N5O2. The average molecular weight is 504 g/mol. The second kappa shape index (κ2) is 10.4. The summed E-state index contributed by atoms with van der Waals surface area (Å²) in [6, 6.07) is 9.15. The number of nitrogens with zero attached hydrogens (tertiary/aromatic N) is 3. The molecule has 1 amide bonds. The molecule has 37 heavy (non-hydrogen) atoms. The van der Waals surface area contributed by atoms with Crippen LogP contribution in [-0.4, -0.2) is 39.9 Å². The van der Waals surface area contributed by atoms with Crippen LogP contribution in [0.25, 0.3) is 11.0 Å². The molecule has 1 aliphatic carbocycles. The third-order valence-corrected chi connectivity index (χ3v) is 8.14. The number of fused-ring (bicyclic) bond motifs is 1. The number of ether oxygens (including phenoxy) is 1. The molecule has 7 heteroatoms. The quantitative estimate of drug-likeness (QED) is 0.436. The number of anilines is 1. The molecule has 1 aliphatic heterocycles. The average Bonchev–Trinajstić information content (AvgIpc) is 3.33. The number of carbonyl (C=O) groups is 1. The van der Waals surface area contributed by atoms with Gasteiger partial charge >= 0.3 is 0 Å². The van der Waals surface area contributed by atoms with E-state index in [1.54, 1.807) is 6.20 Å². The fourth-order valence-electron chi connectivity index (χ4n) is 5.85. The number of aryl methyl sites for hydroxylation is 1. The Morgan fingerprint density at radius 1 is 1.08 bits per heavy atom. The van der Waals surface area contributed by atoms with Gasteiger partial charge in [0, 0.05) is 32.0 Å². The van der Waals surface area contributed by atoms with E-state index < -0.39 is 0 Å². The molecule has 3 heterocycles. The van der Waals surface area contributed by atoms with Crippen molar-refractivity contribution in [2.45, 2.75) is 96.2 Å². The van der Waals surface area contributed by atoms with Crippen molar-refractivity contribution in [1.29, 1.82) is 0 Å². The second-order valence-corrected chi connectivity index (χ2v) is 11.7. The predicted molar refractivity (Wildman–Crippen MR) is 148 cm³/mol. The Kier molecular flexibility index (Phi) is 7.26. The van der Waals surface area contributed by atoms with E-state index in [0.29, 0.717) is 5.56 Å². The minimum Gasteiger partial charge on any atom is -0.381 e. The molecule has 1 saturated heterocycles. The maximum absolute atomic E-state index is 14.1. The van der Waals surface area contributed by atoms with Crippen LogP contribution in [0, 0.1) is 0 Å². The molecule has 198 valence electrons. The molecule has 0 spiro atoms. The Labute approximate surface area is 220 Å². The molecule has 0 atom stereocenters. The number of carbonyl (C=O) groups excluding carboxylic acids is 1. The van der Waals surface area contributed by atoms with Gasteiger partial charge in [0.15, 0.2) is 5.65 Å². The van der Waals surface area contributed by atoms with E-state index >= 15 is 0 Å². The van der Waals surface area contributed by atoms with Gasteiger partial charge in [0.1, 0.15) is 0 Å². The van der Waals surface area contributed by atoms with Crippen molar-refractivity contribution < 1.29 is 9.53 Å². The Balaban J connectivity index is 1.50. The van der Waals surface area contributed by atoms with E-state index in [4.69, 9.17) is 4.74 Å². The van der Waals surface area contributed by atoms with E-state index in [9.17, 15) is 4.79 Å². The number of hydrogen-bond acceptors (Lipinski definition) is 5. The number of rotatable bonds is 6. The Bertz CT molecular complexity index is 1230. The lowest BCUT2D eigenvalue weighted by atomic mass is 9.75. The van der Waals surface area contributed by atoms with Crippen molar-refractivity contribution in [3.05, 3.63) is 53.3 Å². The number of amides is 1. The van der Waals surface area contributed by atoms with Crippen LogP contribution >= 0.6 is 0 Å². The molecular weight excluding hydrogens is 462 g/mol. The fraction of sp³-hybridized carbons (Fsp3) is 0.567. The molecule has 7 nitrogen and oxygen atoms in total. The summed E-state index contributed by atoms with van der Waals surface area (Å²) in [5.74, 6) is -0.0741. The van der Waals surface area contributed by atoms with Gasteiger partial charge in [-0.25, -0.2) is 9.67 Å². The van der Waals surface area contributed by atoms with Crippen molar-refractivity contribution in [2.24, 2.45) is 0 Å². The van der Waals surface area contributed by atoms with E-state index in [-0.39, 0.29) is 22.9 Å². The molecule has 2 aliphatic rings. The summed E-state index contributed by atoms with van der Waals surface area (Å²) in [6.07, 6.45) is 10.7. The van der Waals surface area contributed by atoms with E-state index in [1.165, 1.54) is 17.5 Å². The predicted octanol–water partition coefficient (Wildman–Crippen LogP) is 5.93. The largest absolute Gasteiger partial charge is 0.381 e. The summed E-state index contributed by atoms with van der Waals surface area (Å²) in [7, 11) is 0. The lowest BCUT2D eigenvalue weighted by molar-refractivity contribution is 0.0865. The SMILES string of the molecule is CCn1ncc2c(NC3CCOCC3)c(C(=O)NC3(c4ccc(C(C)(C)C)cc4)CCCCC3)cnc21. The summed E-state index contributed by atoms with van der Waals surface area (Å²) in [5, 5.41) is 12.6. The molecule has 2 aromatic heterocycles. The van der Waals surface area contributed by atoms with Gasteiger partial charge < -0.3 is 15.4 Å². The maximum atomic E-state index is 14.1. The first-order chi connectivity index (χ1) is 17.8. The van der Waals surface area contributed by atoms with Crippen molar-refractivity contribution in [1.82, 2.24) is 20.1 Å². The van der Waals surface area contributed by atoms with Crippen LogP contribution in [0.2, 0.25) is 0 Å². The minimum atomic E-state index is -0.371. The highest BCUT2D eigenvalue weighted by Crippen LogP contribution is 2.39. The molecule has 5 rings (SSSR count). The summed E-state index contributed by atoms with van der Waals surface area (Å²) in [4.78, 5) is 18.7. The van der Waals surface area contributed by atoms with Gasteiger partial charge in [-0.2, -0.15) is 5.10 Å². The standard InChI is InChI=1S/C30H41N5O2/c1-5-35-27-24(20-32-35)26(33-23-13-17-37-18-14-23)25(19-31-27)28(36)34-30(15-7-6-8-16-30)22-11-9-21(10-12-22)29(2,3)4/h9-12,19-20,23H,5-8,13-18H2,1-4H3,(H,31,33)(H,34,36). The Morgan fingerprint density at radius 3 is 2.43 bits per heavy atom. The lowest BCUT2D eigenvalue weighted by Gasteiger charge is -2.39. The summed E-state index contributed by atoms with van der Waals surface area (Å²) >= 11 is 0. The normalized spacial score (nSPS) is 18.6. The number of nitrogens with one attached hydrogen (secondary N) is 2. The zero-order chi connectivity index (χ0) is 26.0. The smallest absolute Gasteiger partial charge is 0.255 e. The monoisotopic (exact) mass is 503 g/mol. The maximum Gasteiger partial charge on any atom is 0.255 e.